The Hall–Kier alpha value is 1.41. The second kappa shape index (κ2) is 6.04. The van der Waals surface area contributed by atoms with Crippen molar-refractivity contribution in [3.63, 3.8) is 0 Å². The molecule has 1 aromatic heterocycles. The molecule has 3 atom stereocenters. The zero-order valence-corrected chi connectivity index (χ0v) is 19.6. The molecule has 0 bridgehead atoms. The van der Waals surface area contributed by atoms with Crippen molar-refractivity contribution in [3.8, 4) is 0 Å². The van der Waals surface area contributed by atoms with E-state index in [1.165, 1.54) is 5.56 Å². The first-order valence-electron chi connectivity index (χ1n) is 7.54. The molecule has 0 spiro atoms. The Morgan fingerprint density at radius 2 is 1.71 bits per heavy atom. The number of fused-ring (bicyclic) bond motifs is 1. The second-order valence-corrected chi connectivity index (χ2v) is 11.6. The topological polar surface area (TPSA) is 16.1 Å². The molecule has 112 valence electrons. The SMILES string of the molecule is Cc1nc(C)c2c(c1C)C(C)(F)N(C(C)C)C(I)[C]2(C)[K]. The van der Waals surface area contributed by atoms with Gasteiger partial charge < -0.3 is 0 Å². The van der Waals surface area contributed by atoms with Gasteiger partial charge in [-0.1, -0.05) is 0 Å². The summed E-state index contributed by atoms with van der Waals surface area (Å²) in [6, 6.07) is 0.171. The molecule has 0 radical (unpaired) electrons. The van der Waals surface area contributed by atoms with Crippen LogP contribution in [0.4, 0.5) is 4.39 Å². The van der Waals surface area contributed by atoms with Crippen LogP contribution in [0.1, 0.15) is 55.8 Å². The van der Waals surface area contributed by atoms with Gasteiger partial charge in [0.05, 0.1) is 0 Å². The molecule has 5 heteroatoms. The van der Waals surface area contributed by atoms with Crippen molar-refractivity contribution in [1.82, 2.24) is 9.88 Å². The summed E-state index contributed by atoms with van der Waals surface area (Å²) in [6.07, 6.45) is 0. The Balaban J connectivity index is 2.90. The van der Waals surface area contributed by atoms with Crippen LogP contribution in [-0.4, -0.2) is 68.9 Å². The average molecular weight is 428 g/mol. The zero-order valence-electron chi connectivity index (χ0n) is 14.3. The summed E-state index contributed by atoms with van der Waals surface area (Å²) in [5, 5.41) is 0. The first-order chi connectivity index (χ1) is 9.44. The minimum absolute atomic E-state index is 0.0499. The van der Waals surface area contributed by atoms with Gasteiger partial charge in [0.1, 0.15) is 0 Å². The number of hydrogen-bond acceptors (Lipinski definition) is 2. The summed E-state index contributed by atoms with van der Waals surface area (Å²) < 4.78 is 16.1. The number of hydrogen-bond donors (Lipinski definition) is 0. The second-order valence-electron chi connectivity index (χ2n) is 7.17. The van der Waals surface area contributed by atoms with E-state index < -0.39 is 5.79 Å². The number of rotatable bonds is 1. The monoisotopic (exact) mass is 428 g/mol. The average Bonchev–Trinajstić information content (AvgIpc) is 2.30. The number of aromatic nitrogens is 1. The van der Waals surface area contributed by atoms with Crippen LogP contribution in [-0.2, 0) is 5.30 Å². The molecule has 1 aromatic rings. The van der Waals surface area contributed by atoms with Gasteiger partial charge >= 0.3 is 178 Å². The van der Waals surface area contributed by atoms with Crippen LogP contribution in [0.2, 0.25) is 0 Å². The Bertz CT molecular complexity index is 584. The van der Waals surface area contributed by atoms with Crippen molar-refractivity contribution >= 4 is 71.5 Å². The Kier molecular flexibility index (Phi) is 5.39. The fourth-order valence-electron chi connectivity index (χ4n) is 3.85. The Morgan fingerprint density at radius 1 is 1.19 bits per heavy atom. The molecule has 21 heavy (non-hydrogen) atoms. The van der Waals surface area contributed by atoms with Gasteiger partial charge in [0, 0.05) is 0 Å². The van der Waals surface area contributed by atoms with Crippen LogP contribution in [0, 0.1) is 20.8 Å². The number of nitrogens with zero attached hydrogens (tertiary/aromatic N) is 2. The molecule has 1 aliphatic rings. The Labute approximate surface area is 175 Å². The third kappa shape index (κ3) is 2.83. The standard InChI is InChI=1S/C16H23FIN2.K/c1-8(2)20-15(18)10(4)13-12(6)19-11(5)9(3)14(13)16(20,7)17;/h8,15H,1-7H3;. The van der Waals surface area contributed by atoms with Crippen molar-refractivity contribution in [2.24, 2.45) is 0 Å². The molecule has 2 rings (SSSR count). The molecule has 0 aliphatic carbocycles. The maximum atomic E-state index is 15.9. The first kappa shape index (κ1) is 18.7. The summed E-state index contributed by atoms with van der Waals surface area (Å²) in [5.74, 6) is -1.43. The number of alkyl halides is 2. The molecule has 1 aliphatic heterocycles. The molecule has 0 N–H and O–H groups in total. The van der Waals surface area contributed by atoms with E-state index in [1.54, 1.807) is 6.92 Å². The Morgan fingerprint density at radius 3 is 2.19 bits per heavy atom. The van der Waals surface area contributed by atoms with Crippen LogP contribution in [0.3, 0.4) is 0 Å². The van der Waals surface area contributed by atoms with E-state index in [0.717, 1.165) is 22.5 Å². The van der Waals surface area contributed by atoms with Gasteiger partial charge in [-0.15, -0.1) is 0 Å². The van der Waals surface area contributed by atoms with Gasteiger partial charge in [0.15, 0.2) is 0 Å². The number of pyridine rings is 1. The van der Waals surface area contributed by atoms with Crippen LogP contribution in [0.25, 0.3) is 0 Å². The number of aryl methyl sites for hydroxylation is 2. The van der Waals surface area contributed by atoms with Crippen molar-refractivity contribution < 1.29 is 4.39 Å². The van der Waals surface area contributed by atoms with Crippen molar-refractivity contribution in [3.05, 3.63) is 28.1 Å². The third-order valence-corrected chi connectivity index (χ3v) is 10.5. The fourth-order valence-corrected chi connectivity index (χ4v) is 6.72. The van der Waals surface area contributed by atoms with E-state index in [4.69, 9.17) is 4.98 Å². The predicted octanol–water partition coefficient (Wildman–Crippen LogP) is 4.02. The van der Waals surface area contributed by atoms with Gasteiger partial charge in [-0.25, -0.2) is 0 Å². The molecule has 2 heterocycles. The molecule has 0 saturated carbocycles. The van der Waals surface area contributed by atoms with Crippen LogP contribution in [0.5, 0.6) is 0 Å². The van der Waals surface area contributed by atoms with Gasteiger partial charge in [0.25, 0.3) is 0 Å². The molecule has 0 saturated heterocycles. The molecule has 3 unspecified atom stereocenters. The fraction of sp³-hybridized carbons (Fsp3) is 0.688. The molecule has 2 nitrogen and oxygen atoms in total. The molecular formula is C16H23FIKN2. The van der Waals surface area contributed by atoms with Gasteiger partial charge in [-0.05, 0) is 0 Å². The summed E-state index contributed by atoms with van der Waals surface area (Å²) in [6.45, 7) is 14.3. The molecule has 0 fully saturated rings. The molecule has 0 amide bonds. The van der Waals surface area contributed by atoms with E-state index >= 15 is 4.39 Å². The van der Waals surface area contributed by atoms with Crippen LogP contribution in [0.15, 0.2) is 0 Å². The summed E-state index contributed by atoms with van der Waals surface area (Å²) >= 11 is 2.98. The first-order valence-corrected chi connectivity index (χ1v) is 10.3. The van der Waals surface area contributed by atoms with Gasteiger partial charge in [-0.3, -0.25) is 0 Å². The zero-order chi connectivity index (χ0) is 16.3. The quantitative estimate of drug-likeness (QED) is 0.291. The normalized spacial score (nSPS) is 33.4. The summed E-state index contributed by atoms with van der Waals surface area (Å²) in [4.78, 5) is 6.74. The van der Waals surface area contributed by atoms with E-state index in [-0.39, 0.29) is 9.60 Å². The predicted molar refractivity (Wildman–Crippen MR) is 94.8 cm³/mol. The van der Waals surface area contributed by atoms with E-state index in [2.05, 4.69) is 43.4 Å². The van der Waals surface area contributed by atoms with Crippen LogP contribution >= 0.6 is 22.6 Å². The van der Waals surface area contributed by atoms with Crippen LogP contribution < -0.4 is 0 Å². The molecule has 0 aromatic carbocycles. The summed E-state index contributed by atoms with van der Waals surface area (Å²) in [5.41, 5.74) is 5.04. The van der Waals surface area contributed by atoms with Gasteiger partial charge in [0.2, 0.25) is 0 Å². The third-order valence-electron chi connectivity index (χ3n) is 4.85. The molecular weight excluding hydrogens is 405 g/mol. The van der Waals surface area contributed by atoms with E-state index in [0.29, 0.717) is 49.0 Å². The maximum absolute atomic E-state index is 15.9. The van der Waals surface area contributed by atoms with E-state index in [9.17, 15) is 0 Å². The summed E-state index contributed by atoms with van der Waals surface area (Å²) in [7, 11) is 0. The van der Waals surface area contributed by atoms with Crippen molar-refractivity contribution in [1.29, 1.82) is 0 Å². The number of halogens is 2. The van der Waals surface area contributed by atoms with Gasteiger partial charge in [-0.2, -0.15) is 0 Å². The van der Waals surface area contributed by atoms with Crippen molar-refractivity contribution in [2.45, 2.75) is 63.9 Å². The van der Waals surface area contributed by atoms with Crippen molar-refractivity contribution in [2.75, 3.05) is 0 Å². The van der Waals surface area contributed by atoms with E-state index in [1.807, 2.05) is 25.7 Å². The minimum atomic E-state index is -1.43.